The number of carbonyl (C=O) groups excluding carboxylic acids is 2. The highest BCUT2D eigenvalue weighted by atomic mass is 79.9. The van der Waals surface area contributed by atoms with Gasteiger partial charge in [0.2, 0.25) is 0 Å². The summed E-state index contributed by atoms with van der Waals surface area (Å²) in [7, 11) is 6.63. The molecule has 3 atom stereocenters. The first-order valence-electron chi connectivity index (χ1n) is 28.2. The van der Waals surface area contributed by atoms with Crippen molar-refractivity contribution in [3.8, 4) is 0 Å². The first kappa shape index (κ1) is 62.5. The number of pyridine rings is 3. The topological polar surface area (TPSA) is 89.0 Å². The Morgan fingerprint density at radius 3 is 1.37 bits per heavy atom. The van der Waals surface area contributed by atoms with E-state index in [2.05, 4.69) is 195 Å². The van der Waals surface area contributed by atoms with E-state index < -0.39 is 11.6 Å². The van der Waals surface area contributed by atoms with Crippen LogP contribution >= 0.6 is 115 Å². The lowest BCUT2D eigenvalue weighted by Crippen LogP contribution is -2.37. The number of nitrogens with zero attached hydrogens (tertiary/aromatic N) is 8. The molecule has 7 heterocycles. The maximum absolute atomic E-state index is 11.2. The second-order valence-electron chi connectivity index (χ2n) is 23.2. The molecule has 0 radical (unpaired) electrons. The number of urea groups is 1. The number of imide groups is 1. The quantitative estimate of drug-likeness (QED) is 0.128. The third kappa shape index (κ3) is 13.8. The van der Waals surface area contributed by atoms with Crippen LogP contribution in [0, 0.1) is 17.8 Å². The molecular weight excluding hydrogens is 1430 g/mol. The van der Waals surface area contributed by atoms with Crippen LogP contribution in [0.5, 0.6) is 0 Å². The zero-order valence-electron chi connectivity index (χ0n) is 47.0. The molecule has 3 unspecified atom stereocenters. The number of piperidine rings is 3. The number of rotatable bonds is 3. The average Bonchev–Trinajstić information content (AvgIpc) is 4.00. The molecule has 10 nitrogen and oxygen atoms in total. The molecule has 0 spiro atoms. The van der Waals surface area contributed by atoms with Gasteiger partial charge in [0.05, 0.1) is 54.4 Å². The van der Waals surface area contributed by atoms with Gasteiger partial charge in [0.1, 0.15) is 5.54 Å². The van der Waals surface area contributed by atoms with Gasteiger partial charge in [0, 0.05) is 71.0 Å². The van der Waals surface area contributed by atoms with Crippen LogP contribution in [0.25, 0.3) is 33.3 Å². The Morgan fingerprint density at radius 1 is 0.506 bits per heavy atom. The third-order valence-electron chi connectivity index (χ3n) is 17.4. The predicted octanol–water partition coefficient (Wildman–Crippen LogP) is 17.9. The number of fused-ring (bicyclic) bond motifs is 6. The summed E-state index contributed by atoms with van der Waals surface area (Å²) in [5.74, 6) is 2.54. The molecule has 83 heavy (non-hydrogen) atoms. The zero-order chi connectivity index (χ0) is 58.9. The first-order chi connectivity index (χ1) is 39.8. The molecule has 3 aliphatic carbocycles. The van der Waals surface area contributed by atoms with Crippen molar-refractivity contribution >= 4 is 160 Å². The molecule has 3 aromatic heterocycles. The van der Waals surface area contributed by atoms with Crippen molar-refractivity contribution in [2.45, 2.75) is 75.7 Å². The molecule has 0 bridgehead atoms. The predicted molar refractivity (Wildman–Crippen MR) is 359 cm³/mol. The average molecular weight is 1500 g/mol. The van der Waals surface area contributed by atoms with E-state index in [1.54, 1.807) is 13.8 Å². The van der Waals surface area contributed by atoms with E-state index in [0.717, 1.165) is 58.6 Å². The fraction of sp³-hybridized carbons (Fsp3) is 0.369. The molecule has 4 saturated heterocycles. The van der Waals surface area contributed by atoms with Crippen LogP contribution in [0.1, 0.15) is 137 Å². The van der Waals surface area contributed by atoms with Gasteiger partial charge in [0.15, 0.2) is 0 Å². The van der Waals surface area contributed by atoms with Crippen LogP contribution in [-0.2, 0) is 4.79 Å². The summed E-state index contributed by atoms with van der Waals surface area (Å²) < 4.78 is 5.23. The number of amides is 3. The fourth-order valence-electron chi connectivity index (χ4n) is 12.8. The van der Waals surface area contributed by atoms with Gasteiger partial charge in [-0.15, -0.1) is 0 Å². The maximum atomic E-state index is 11.2. The number of benzene rings is 3. The van der Waals surface area contributed by atoms with Gasteiger partial charge >= 0.3 is 6.03 Å². The minimum Gasteiger partial charge on any atom is -0.306 e. The Morgan fingerprint density at radius 2 is 0.916 bits per heavy atom. The lowest BCUT2D eigenvalue weighted by atomic mass is 9.76. The number of hydrogen-bond donors (Lipinski definition) is 0. The van der Waals surface area contributed by atoms with Gasteiger partial charge in [-0.3, -0.25) is 19.7 Å². The van der Waals surface area contributed by atoms with E-state index >= 15 is 0 Å². The van der Waals surface area contributed by atoms with E-state index in [0.29, 0.717) is 35.5 Å². The number of carbonyl (C=O) groups is 2. The second kappa shape index (κ2) is 27.2. The first-order valence-corrected chi connectivity index (χ1v) is 33.1. The lowest BCUT2D eigenvalue weighted by Gasteiger charge is -2.35. The van der Waals surface area contributed by atoms with Crippen LogP contribution in [0.15, 0.2) is 108 Å². The Kier molecular flexibility index (Phi) is 20.5. The van der Waals surface area contributed by atoms with Crippen molar-refractivity contribution in [3.63, 3.8) is 0 Å². The summed E-state index contributed by atoms with van der Waals surface area (Å²) in [5.41, 5.74) is 14.1. The molecule has 3 aromatic carbocycles. The van der Waals surface area contributed by atoms with Crippen molar-refractivity contribution in [2.24, 2.45) is 17.8 Å². The summed E-state index contributed by atoms with van der Waals surface area (Å²) >= 11 is 35.9. The van der Waals surface area contributed by atoms with Gasteiger partial charge < -0.3 is 14.7 Å². The van der Waals surface area contributed by atoms with Crippen LogP contribution in [0.3, 0.4) is 0 Å². The summed E-state index contributed by atoms with van der Waals surface area (Å²) in [6.07, 6.45) is 21.7. The van der Waals surface area contributed by atoms with Crippen molar-refractivity contribution in [2.75, 3.05) is 60.4 Å². The molecule has 0 saturated carbocycles. The van der Waals surface area contributed by atoms with Crippen molar-refractivity contribution in [1.82, 2.24) is 37.5 Å². The number of hydrogen-bond acceptors (Lipinski definition) is 8. The Hall–Kier alpha value is -3.58. The smallest absolute Gasteiger partial charge is 0.306 e. The minimum absolute atomic E-state index is 0.278. The van der Waals surface area contributed by atoms with Crippen molar-refractivity contribution in [3.05, 3.63) is 190 Å². The molecule has 6 aromatic rings. The fourth-order valence-corrected chi connectivity index (χ4v) is 15.9. The van der Waals surface area contributed by atoms with E-state index in [4.69, 9.17) is 49.8 Å². The van der Waals surface area contributed by atoms with Crippen molar-refractivity contribution < 1.29 is 9.59 Å². The molecule has 7 aliphatic rings. The van der Waals surface area contributed by atoms with Gasteiger partial charge in [-0.1, -0.05) is 109 Å². The van der Waals surface area contributed by atoms with E-state index in [1.165, 1.54) is 123 Å². The summed E-state index contributed by atoms with van der Waals surface area (Å²) in [5, 5.41) is 2.33. The molecule has 3 amide bonds. The maximum Gasteiger partial charge on any atom is 0.348 e. The molecule has 4 fully saturated rings. The molecule has 434 valence electrons. The number of halogens is 8. The van der Waals surface area contributed by atoms with E-state index in [-0.39, 0.29) is 5.91 Å². The molecule has 18 heteroatoms. The SMILES string of the molecule is CC1(C)C(=O)N(Br)C(=O)N1Br.CN1CCC(C2c3cc(Br)c(Cl)cc3C=C(Br)c3cccnc32)CC1.CN1CCC(C2c3ccc(Cl)cc3C=C(Br)c3cccnc32)CC1.CN1CCC(C2c3ccc(Cl)cc3C=Cc3cccnc32)CC1. The van der Waals surface area contributed by atoms with E-state index in [9.17, 15) is 9.59 Å². The normalized spacial score (nSPS) is 21.7. The minimum atomic E-state index is -0.805. The summed E-state index contributed by atoms with van der Waals surface area (Å²) in [6, 6.07) is 29.0. The van der Waals surface area contributed by atoms with Crippen LogP contribution < -0.4 is 0 Å². The molecule has 0 N–H and O–H groups in total. The largest absolute Gasteiger partial charge is 0.348 e. The highest BCUT2D eigenvalue weighted by Crippen LogP contribution is 2.49. The van der Waals surface area contributed by atoms with Crippen LogP contribution in [0.4, 0.5) is 4.79 Å². The second-order valence-corrected chi connectivity index (χ2v) is 28.4. The van der Waals surface area contributed by atoms with E-state index in [1.807, 2.05) is 48.9 Å². The molecular formula is C65H66Br5Cl3N8O2. The van der Waals surface area contributed by atoms with Gasteiger partial charge in [0.25, 0.3) is 5.91 Å². The highest BCUT2D eigenvalue weighted by molar-refractivity contribution is 9.15. The molecule has 13 rings (SSSR count). The zero-order valence-corrected chi connectivity index (χ0v) is 57.2. The van der Waals surface area contributed by atoms with Crippen LogP contribution in [0.2, 0.25) is 15.1 Å². The van der Waals surface area contributed by atoms with Crippen molar-refractivity contribution in [1.29, 1.82) is 0 Å². The summed E-state index contributed by atoms with van der Waals surface area (Å²) in [6.45, 7) is 10.2. The monoisotopic (exact) mass is 1490 g/mol. The standard InChI is InChI=1S/C20H19Br2ClN2.C20H20BrClN2.C20H21ClN2.C5H6Br2N2O2/c1-25-7-4-12(5-8-25)19-15-11-17(22)18(23)10-13(15)9-16(21)14-3-2-6-24-20(14)19;1-24-9-6-13(7-10-24)19-16-5-4-15(22)11-14(16)12-18(21)17-3-2-8-23-20(17)19;1-23-11-8-14(9-12-23)19-18-7-6-17(21)13-16(18)5-4-15-3-2-10-22-20(15)19;1-5(2)3(10)8(6)4(11)9(5)7/h2-3,6,9-12,19H,4-5,7-8H2,1H3;2-5,8,11-13,19H,6-7,9-10H2,1H3;2-7,10,13-14,19H,8-9,11-12H2,1H3;1-2H3. The number of likely N-dealkylation sites (tertiary alicyclic amines) is 3. The summed E-state index contributed by atoms with van der Waals surface area (Å²) in [4.78, 5) is 44.0. The third-order valence-corrected chi connectivity index (χ3v) is 22.2. The Labute approximate surface area is 546 Å². The Bertz CT molecular complexity index is 3480. The van der Waals surface area contributed by atoms with Crippen LogP contribution in [-0.4, -0.2) is 115 Å². The highest BCUT2D eigenvalue weighted by Gasteiger charge is 2.50. The van der Waals surface area contributed by atoms with Gasteiger partial charge in [-0.2, -0.15) is 3.93 Å². The molecule has 4 aliphatic heterocycles. The Balaban J connectivity index is 0.000000128. The number of aromatic nitrogens is 3. The van der Waals surface area contributed by atoms with Gasteiger partial charge in [-0.05, 0) is 252 Å². The lowest BCUT2D eigenvalue weighted by molar-refractivity contribution is -0.127. The van der Waals surface area contributed by atoms with Gasteiger partial charge in [-0.25, -0.2) is 8.72 Å².